The molecular weight excluding hydrogens is 270 g/mol. The van der Waals surface area contributed by atoms with E-state index in [-0.39, 0.29) is 12.0 Å². The molecule has 7 nitrogen and oxygen atoms in total. The fourth-order valence-electron chi connectivity index (χ4n) is 2.58. The van der Waals surface area contributed by atoms with Crippen molar-refractivity contribution in [1.29, 1.82) is 0 Å². The summed E-state index contributed by atoms with van der Waals surface area (Å²) in [5.74, 6) is 0.397. The van der Waals surface area contributed by atoms with Crippen LogP contribution in [0.1, 0.15) is 23.2 Å². The van der Waals surface area contributed by atoms with E-state index in [1.54, 1.807) is 24.1 Å². The fourth-order valence-corrected chi connectivity index (χ4v) is 2.58. The van der Waals surface area contributed by atoms with Gasteiger partial charge in [-0.2, -0.15) is 0 Å². The molecule has 2 aromatic rings. The molecule has 1 aromatic heterocycles. The Kier molecular flexibility index (Phi) is 3.66. The standard InChI is InChI=1S/C14H17N5O2/c1-18(8-10-6-13(20)7-10)14(21)11-2-4-12(5-3-11)19-9-15-16-17-19/h2-5,9-10,13,20H,6-8H2,1H3. The van der Waals surface area contributed by atoms with Crippen molar-refractivity contribution in [3.63, 3.8) is 0 Å². The van der Waals surface area contributed by atoms with Crippen molar-refractivity contribution in [1.82, 2.24) is 25.1 Å². The molecule has 110 valence electrons. The lowest BCUT2D eigenvalue weighted by molar-refractivity contribution is 0.0265. The number of rotatable bonds is 4. The maximum Gasteiger partial charge on any atom is 0.253 e. The van der Waals surface area contributed by atoms with Gasteiger partial charge in [-0.15, -0.1) is 5.10 Å². The van der Waals surface area contributed by atoms with Gasteiger partial charge in [0.2, 0.25) is 0 Å². The van der Waals surface area contributed by atoms with E-state index in [9.17, 15) is 9.90 Å². The molecule has 1 aromatic carbocycles. The second-order valence-corrected chi connectivity index (χ2v) is 5.48. The summed E-state index contributed by atoms with van der Waals surface area (Å²) < 4.78 is 1.54. The summed E-state index contributed by atoms with van der Waals surface area (Å²) in [4.78, 5) is 14.0. The van der Waals surface area contributed by atoms with Gasteiger partial charge < -0.3 is 10.0 Å². The summed E-state index contributed by atoms with van der Waals surface area (Å²) in [6, 6.07) is 7.16. The van der Waals surface area contributed by atoms with Crippen molar-refractivity contribution in [3.05, 3.63) is 36.2 Å². The zero-order chi connectivity index (χ0) is 14.8. The molecule has 1 heterocycles. The molecule has 21 heavy (non-hydrogen) atoms. The summed E-state index contributed by atoms with van der Waals surface area (Å²) in [5, 5.41) is 20.2. The number of amides is 1. The molecule has 0 bridgehead atoms. The van der Waals surface area contributed by atoms with Crippen LogP contribution in [0.25, 0.3) is 5.69 Å². The number of nitrogens with zero attached hydrogens (tertiary/aromatic N) is 5. The predicted octanol–water partition coefficient (Wildman–Crippen LogP) is 0.505. The minimum atomic E-state index is -0.186. The van der Waals surface area contributed by atoms with Crippen LogP contribution in [0.4, 0.5) is 0 Å². The largest absolute Gasteiger partial charge is 0.393 e. The number of aromatic nitrogens is 4. The van der Waals surface area contributed by atoms with Crippen LogP contribution in [0.3, 0.4) is 0 Å². The average Bonchev–Trinajstić information content (AvgIpc) is 2.99. The molecule has 0 aliphatic heterocycles. The smallest absolute Gasteiger partial charge is 0.253 e. The van der Waals surface area contributed by atoms with Gasteiger partial charge in [0.25, 0.3) is 5.91 Å². The lowest BCUT2D eigenvalue weighted by Gasteiger charge is -2.34. The number of carbonyl (C=O) groups excluding carboxylic acids is 1. The van der Waals surface area contributed by atoms with E-state index in [0.717, 1.165) is 18.5 Å². The summed E-state index contributed by atoms with van der Waals surface area (Å²) >= 11 is 0. The van der Waals surface area contributed by atoms with Crippen molar-refractivity contribution in [2.75, 3.05) is 13.6 Å². The van der Waals surface area contributed by atoms with E-state index < -0.39 is 0 Å². The first-order valence-electron chi connectivity index (χ1n) is 6.90. The number of benzene rings is 1. The number of hydrogen-bond acceptors (Lipinski definition) is 5. The molecule has 0 atom stereocenters. The van der Waals surface area contributed by atoms with Gasteiger partial charge in [0, 0.05) is 19.2 Å². The van der Waals surface area contributed by atoms with Crippen molar-refractivity contribution in [2.45, 2.75) is 18.9 Å². The fraction of sp³-hybridized carbons (Fsp3) is 0.429. The molecule has 0 unspecified atom stereocenters. The van der Waals surface area contributed by atoms with Gasteiger partial charge in [0.15, 0.2) is 0 Å². The van der Waals surface area contributed by atoms with Crippen LogP contribution in [-0.4, -0.2) is 55.8 Å². The second kappa shape index (κ2) is 5.61. The Morgan fingerprint density at radius 1 is 1.38 bits per heavy atom. The van der Waals surface area contributed by atoms with Crippen LogP contribution in [0.15, 0.2) is 30.6 Å². The minimum absolute atomic E-state index is 0.0142. The van der Waals surface area contributed by atoms with E-state index in [0.29, 0.717) is 18.0 Å². The second-order valence-electron chi connectivity index (χ2n) is 5.48. The summed E-state index contributed by atoms with van der Waals surface area (Å²) in [6.45, 7) is 0.685. The van der Waals surface area contributed by atoms with E-state index in [2.05, 4.69) is 15.5 Å². The first-order valence-corrected chi connectivity index (χ1v) is 6.90. The quantitative estimate of drug-likeness (QED) is 0.885. The van der Waals surface area contributed by atoms with Gasteiger partial charge in [-0.25, -0.2) is 4.68 Å². The molecule has 1 fully saturated rings. The molecule has 0 radical (unpaired) electrons. The molecule has 1 N–H and O–H groups in total. The number of tetrazole rings is 1. The maximum absolute atomic E-state index is 12.3. The van der Waals surface area contributed by atoms with Crippen LogP contribution < -0.4 is 0 Å². The third kappa shape index (κ3) is 2.92. The monoisotopic (exact) mass is 287 g/mol. The lowest BCUT2D eigenvalue weighted by atomic mass is 9.82. The van der Waals surface area contributed by atoms with Crippen LogP contribution in [0.5, 0.6) is 0 Å². The Morgan fingerprint density at radius 2 is 2.10 bits per heavy atom. The van der Waals surface area contributed by atoms with Crippen LogP contribution in [0, 0.1) is 5.92 Å². The molecule has 7 heteroatoms. The minimum Gasteiger partial charge on any atom is -0.393 e. The molecule has 0 saturated heterocycles. The Morgan fingerprint density at radius 3 is 2.67 bits per heavy atom. The number of aliphatic hydroxyl groups is 1. The van der Waals surface area contributed by atoms with Gasteiger partial charge in [0.1, 0.15) is 6.33 Å². The summed E-state index contributed by atoms with van der Waals surface area (Å²) in [5.41, 5.74) is 1.44. The zero-order valence-corrected chi connectivity index (χ0v) is 11.8. The van der Waals surface area contributed by atoms with E-state index >= 15 is 0 Å². The Labute approximate surface area is 122 Å². The number of aliphatic hydroxyl groups excluding tert-OH is 1. The number of hydrogen-bond donors (Lipinski definition) is 1. The highest BCUT2D eigenvalue weighted by atomic mass is 16.3. The average molecular weight is 287 g/mol. The molecule has 1 amide bonds. The summed E-state index contributed by atoms with van der Waals surface area (Å²) in [7, 11) is 1.79. The first kappa shape index (κ1) is 13.7. The molecule has 1 aliphatic carbocycles. The molecular formula is C14H17N5O2. The lowest BCUT2D eigenvalue weighted by Crippen LogP contribution is -2.39. The molecule has 0 spiro atoms. The van der Waals surface area contributed by atoms with Crippen molar-refractivity contribution >= 4 is 5.91 Å². The zero-order valence-electron chi connectivity index (χ0n) is 11.8. The van der Waals surface area contributed by atoms with Gasteiger partial charge in [0.05, 0.1) is 11.8 Å². The van der Waals surface area contributed by atoms with E-state index in [4.69, 9.17) is 0 Å². The van der Waals surface area contributed by atoms with Gasteiger partial charge >= 0.3 is 0 Å². The topological polar surface area (TPSA) is 84.1 Å². The normalized spacial score (nSPS) is 20.9. The van der Waals surface area contributed by atoms with Crippen molar-refractivity contribution in [3.8, 4) is 5.69 Å². The van der Waals surface area contributed by atoms with E-state index in [1.807, 2.05) is 12.1 Å². The highest BCUT2D eigenvalue weighted by Gasteiger charge is 2.29. The van der Waals surface area contributed by atoms with Gasteiger partial charge in [-0.05, 0) is 53.5 Å². The van der Waals surface area contributed by atoms with Crippen molar-refractivity contribution in [2.24, 2.45) is 5.92 Å². The maximum atomic E-state index is 12.3. The van der Waals surface area contributed by atoms with Crippen LogP contribution >= 0.6 is 0 Å². The predicted molar refractivity (Wildman–Crippen MR) is 74.8 cm³/mol. The molecule has 3 rings (SSSR count). The Bertz CT molecular complexity index is 605. The SMILES string of the molecule is CN(CC1CC(O)C1)C(=O)c1ccc(-n2cnnn2)cc1. The first-order chi connectivity index (χ1) is 10.1. The highest BCUT2D eigenvalue weighted by Crippen LogP contribution is 2.27. The van der Waals surface area contributed by atoms with Gasteiger partial charge in [-0.1, -0.05) is 0 Å². The van der Waals surface area contributed by atoms with Crippen LogP contribution in [0.2, 0.25) is 0 Å². The third-order valence-corrected chi connectivity index (χ3v) is 3.82. The highest BCUT2D eigenvalue weighted by molar-refractivity contribution is 5.94. The van der Waals surface area contributed by atoms with Crippen LogP contribution in [-0.2, 0) is 0 Å². The number of carbonyl (C=O) groups is 1. The van der Waals surface area contributed by atoms with Gasteiger partial charge in [-0.3, -0.25) is 4.79 Å². The molecule has 1 saturated carbocycles. The summed E-state index contributed by atoms with van der Waals surface area (Å²) in [6.07, 6.45) is 2.89. The Balaban J connectivity index is 1.64. The van der Waals surface area contributed by atoms with Crippen molar-refractivity contribution < 1.29 is 9.90 Å². The molecule has 1 aliphatic rings. The Hall–Kier alpha value is -2.28. The van der Waals surface area contributed by atoms with E-state index in [1.165, 1.54) is 11.0 Å². The third-order valence-electron chi connectivity index (χ3n) is 3.82.